The minimum Gasteiger partial charge on any atom is -0.489 e. The van der Waals surface area contributed by atoms with Gasteiger partial charge in [-0.15, -0.1) is 0 Å². The molecule has 0 aromatic heterocycles. The summed E-state index contributed by atoms with van der Waals surface area (Å²) in [4.78, 5) is 0. The Bertz CT molecular complexity index is 756. The van der Waals surface area contributed by atoms with Crippen molar-refractivity contribution in [3.8, 4) is 11.5 Å². The Kier molecular flexibility index (Phi) is 3.43. The lowest BCUT2D eigenvalue weighted by Gasteiger charge is -2.17. The lowest BCUT2D eigenvalue weighted by Crippen LogP contribution is -2.03. The number of rotatable bonds is 3. The van der Waals surface area contributed by atoms with E-state index in [1.807, 2.05) is 18.2 Å². The van der Waals surface area contributed by atoms with Crippen molar-refractivity contribution in [1.29, 1.82) is 0 Å². The molecule has 2 aliphatic rings. The van der Waals surface area contributed by atoms with Crippen LogP contribution in [0.3, 0.4) is 0 Å². The summed E-state index contributed by atoms with van der Waals surface area (Å²) in [6.07, 6.45) is 11.4. The molecule has 0 amide bonds. The molecule has 0 saturated carbocycles. The molecule has 0 radical (unpaired) electrons. The average molecular weight is 290 g/mol. The molecule has 2 nitrogen and oxygen atoms in total. The van der Waals surface area contributed by atoms with Crippen LogP contribution in [0.15, 0.2) is 54.8 Å². The van der Waals surface area contributed by atoms with Gasteiger partial charge in [-0.2, -0.15) is 0 Å². The van der Waals surface area contributed by atoms with Gasteiger partial charge in [-0.05, 0) is 53.7 Å². The molecule has 0 spiro atoms. The second-order valence-corrected chi connectivity index (χ2v) is 5.68. The second-order valence-electron chi connectivity index (χ2n) is 5.68. The zero-order chi connectivity index (χ0) is 14.8. The van der Waals surface area contributed by atoms with Gasteiger partial charge in [0.1, 0.15) is 18.1 Å². The predicted octanol–water partition coefficient (Wildman–Crippen LogP) is 4.67. The van der Waals surface area contributed by atoms with E-state index in [2.05, 4.69) is 36.4 Å². The molecule has 0 atom stereocenters. The third kappa shape index (κ3) is 2.52. The van der Waals surface area contributed by atoms with Crippen molar-refractivity contribution < 1.29 is 9.47 Å². The monoisotopic (exact) mass is 290 g/mol. The van der Waals surface area contributed by atoms with Crippen molar-refractivity contribution >= 4 is 6.08 Å². The normalized spacial score (nSPS) is 14.9. The first kappa shape index (κ1) is 13.2. The second kappa shape index (κ2) is 5.72. The fourth-order valence-electron chi connectivity index (χ4n) is 3.02. The molecule has 0 unspecified atom stereocenters. The summed E-state index contributed by atoms with van der Waals surface area (Å²) in [5.74, 6) is 1.75. The maximum Gasteiger partial charge on any atom is 0.133 e. The zero-order valence-corrected chi connectivity index (χ0v) is 12.4. The van der Waals surface area contributed by atoms with Gasteiger partial charge in [0.25, 0.3) is 0 Å². The average Bonchev–Trinajstić information content (AvgIpc) is 2.60. The highest BCUT2D eigenvalue weighted by Crippen LogP contribution is 2.29. The molecule has 2 aromatic carbocycles. The first-order valence-corrected chi connectivity index (χ1v) is 7.75. The van der Waals surface area contributed by atoms with Gasteiger partial charge in [0.15, 0.2) is 0 Å². The summed E-state index contributed by atoms with van der Waals surface area (Å²) in [5.41, 5.74) is 5.19. The van der Waals surface area contributed by atoms with E-state index in [0.29, 0.717) is 6.61 Å². The standard InChI is InChI=1S/C20H18O2/c1-2-9-19-15(5-1)6-3-7-17(19)14-22-18-11-10-16-8-4-12-21-20(16)13-18/h2-4,6-7,9-13H,1,5,8,14H2. The van der Waals surface area contributed by atoms with Crippen molar-refractivity contribution in [3.05, 3.63) is 77.1 Å². The van der Waals surface area contributed by atoms with E-state index in [-0.39, 0.29) is 0 Å². The van der Waals surface area contributed by atoms with Crippen LogP contribution in [-0.2, 0) is 19.4 Å². The van der Waals surface area contributed by atoms with Gasteiger partial charge in [0.2, 0.25) is 0 Å². The van der Waals surface area contributed by atoms with Gasteiger partial charge in [-0.3, -0.25) is 0 Å². The van der Waals surface area contributed by atoms with E-state index in [1.165, 1.54) is 22.3 Å². The SMILES string of the molecule is C1=Cc2c(cccc2COc2ccc3c(c2)OC=CC3)CC1. The Labute approximate surface area is 130 Å². The lowest BCUT2D eigenvalue weighted by atomic mass is 9.93. The number of fused-ring (bicyclic) bond motifs is 2. The lowest BCUT2D eigenvalue weighted by molar-refractivity contribution is 0.304. The Morgan fingerprint density at radius 1 is 1.05 bits per heavy atom. The van der Waals surface area contributed by atoms with E-state index in [9.17, 15) is 0 Å². The fourth-order valence-corrected chi connectivity index (χ4v) is 3.02. The fraction of sp³-hybridized carbons (Fsp3) is 0.200. The Hall–Kier alpha value is -2.48. The van der Waals surface area contributed by atoms with Gasteiger partial charge in [-0.1, -0.05) is 36.4 Å². The number of benzene rings is 2. The van der Waals surface area contributed by atoms with Crippen molar-refractivity contribution in [2.24, 2.45) is 0 Å². The number of aryl methyl sites for hydroxylation is 1. The molecule has 2 aromatic rings. The summed E-state index contributed by atoms with van der Waals surface area (Å²) in [5, 5.41) is 0. The zero-order valence-electron chi connectivity index (χ0n) is 12.4. The van der Waals surface area contributed by atoms with Crippen LogP contribution in [0.2, 0.25) is 0 Å². The smallest absolute Gasteiger partial charge is 0.133 e. The minimum absolute atomic E-state index is 0.585. The minimum atomic E-state index is 0.585. The van der Waals surface area contributed by atoms with Crippen LogP contribution >= 0.6 is 0 Å². The number of ether oxygens (including phenoxy) is 2. The maximum atomic E-state index is 5.99. The van der Waals surface area contributed by atoms with E-state index in [1.54, 1.807) is 6.26 Å². The Balaban J connectivity index is 1.53. The first-order chi connectivity index (χ1) is 10.9. The molecule has 2 heteroatoms. The van der Waals surface area contributed by atoms with Crippen LogP contribution in [0.1, 0.15) is 28.7 Å². The van der Waals surface area contributed by atoms with Crippen LogP contribution in [-0.4, -0.2) is 0 Å². The summed E-state index contributed by atoms with van der Waals surface area (Å²) in [6, 6.07) is 12.6. The predicted molar refractivity (Wildman–Crippen MR) is 88.0 cm³/mol. The summed E-state index contributed by atoms with van der Waals surface area (Å²) < 4.78 is 11.5. The Morgan fingerprint density at radius 2 is 2.05 bits per heavy atom. The third-order valence-electron chi connectivity index (χ3n) is 4.21. The topological polar surface area (TPSA) is 18.5 Å². The van der Waals surface area contributed by atoms with E-state index >= 15 is 0 Å². The number of hydrogen-bond donors (Lipinski definition) is 0. The highest BCUT2D eigenvalue weighted by atomic mass is 16.5. The third-order valence-corrected chi connectivity index (χ3v) is 4.21. The molecule has 4 rings (SSSR count). The molecular weight excluding hydrogens is 272 g/mol. The quantitative estimate of drug-likeness (QED) is 0.817. The highest BCUT2D eigenvalue weighted by molar-refractivity contribution is 5.60. The molecule has 110 valence electrons. The molecule has 1 aliphatic carbocycles. The largest absolute Gasteiger partial charge is 0.489 e. The van der Waals surface area contributed by atoms with Crippen molar-refractivity contribution in [1.82, 2.24) is 0 Å². The summed E-state index contributed by atoms with van der Waals surface area (Å²) in [7, 11) is 0. The molecule has 0 fully saturated rings. The molecule has 22 heavy (non-hydrogen) atoms. The van der Waals surface area contributed by atoms with Crippen LogP contribution < -0.4 is 9.47 Å². The molecule has 0 bridgehead atoms. The number of allylic oxidation sites excluding steroid dienone is 2. The van der Waals surface area contributed by atoms with Crippen molar-refractivity contribution in [2.75, 3.05) is 0 Å². The van der Waals surface area contributed by atoms with Crippen LogP contribution in [0, 0.1) is 0 Å². The highest BCUT2D eigenvalue weighted by Gasteiger charge is 2.11. The van der Waals surface area contributed by atoms with Crippen LogP contribution in [0.4, 0.5) is 0 Å². The molecule has 1 aliphatic heterocycles. The number of hydrogen-bond acceptors (Lipinski definition) is 2. The van der Waals surface area contributed by atoms with Crippen LogP contribution in [0.25, 0.3) is 6.08 Å². The molecule has 0 N–H and O–H groups in total. The van der Waals surface area contributed by atoms with Crippen molar-refractivity contribution in [3.63, 3.8) is 0 Å². The van der Waals surface area contributed by atoms with E-state index < -0.39 is 0 Å². The van der Waals surface area contributed by atoms with Gasteiger partial charge in [0, 0.05) is 6.07 Å². The van der Waals surface area contributed by atoms with Crippen LogP contribution in [0.5, 0.6) is 11.5 Å². The van der Waals surface area contributed by atoms with Gasteiger partial charge in [-0.25, -0.2) is 0 Å². The summed E-state index contributed by atoms with van der Waals surface area (Å²) in [6.45, 7) is 0.585. The molecular formula is C20H18O2. The van der Waals surface area contributed by atoms with Gasteiger partial charge >= 0.3 is 0 Å². The maximum absolute atomic E-state index is 5.99. The molecule has 0 saturated heterocycles. The van der Waals surface area contributed by atoms with Gasteiger partial charge < -0.3 is 9.47 Å². The Morgan fingerprint density at radius 3 is 3.05 bits per heavy atom. The van der Waals surface area contributed by atoms with Crippen molar-refractivity contribution in [2.45, 2.75) is 25.9 Å². The summed E-state index contributed by atoms with van der Waals surface area (Å²) >= 11 is 0. The van der Waals surface area contributed by atoms with Gasteiger partial charge in [0.05, 0.1) is 6.26 Å². The first-order valence-electron chi connectivity index (χ1n) is 7.75. The molecule has 1 heterocycles. The van der Waals surface area contributed by atoms with E-state index in [4.69, 9.17) is 9.47 Å². The van der Waals surface area contributed by atoms with E-state index in [0.717, 1.165) is 30.8 Å².